The highest BCUT2D eigenvalue weighted by molar-refractivity contribution is 7.99. The van der Waals surface area contributed by atoms with Crippen LogP contribution in [0.4, 0.5) is 0 Å². The number of hydrogen-bond donors (Lipinski definition) is 2. The van der Waals surface area contributed by atoms with E-state index in [1.165, 1.54) is 17.3 Å². The molecule has 1 aliphatic rings. The van der Waals surface area contributed by atoms with Crippen molar-refractivity contribution in [3.63, 3.8) is 0 Å². The lowest BCUT2D eigenvalue weighted by atomic mass is 10.2. The first kappa shape index (κ1) is 19.4. The minimum absolute atomic E-state index is 0.0123. The van der Waals surface area contributed by atoms with Crippen molar-refractivity contribution in [3.05, 3.63) is 41.7 Å². The second kappa shape index (κ2) is 9.03. The summed E-state index contributed by atoms with van der Waals surface area (Å²) in [5, 5.41) is 14.8. The van der Waals surface area contributed by atoms with Crippen molar-refractivity contribution in [3.8, 4) is 0 Å². The van der Waals surface area contributed by atoms with Crippen LogP contribution in [0.1, 0.15) is 44.0 Å². The van der Waals surface area contributed by atoms with Crippen molar-refractivity contribution in [2.75, 3.05) is 12.3 Å². The van der Waals surface area contributed by atoms with Gasteiger partial charge >= 0.3 is 0 Å². The van der Waals surface area contributed by atoms with Crippen LogP contribution in [0, 0.1) is 0 Å². The molecule has 1 aliphatic carbocycles. The maximum absolute atomic E-state index is 12.1. The van der Waals surface area contributed by atoms with E-state index in [0.717, 1.165) is 23.8 Å². The minimum atomic E-state index is -0.193. The molecule has 0 bridgehead atoms. The summed E-state index contributed by atoms with van der Waals surface area (Å²) in [4.78, 5) is 23.7. The lowest BCUT2D eigenvalue weighted by molar-refractivity contribution is -0.125. The highest BCUT2D eigenvalue weighted by Gasteiger charge is 2.30. The van der Waals surface area contributed by atoms with E-state index in [2.05, 4.69) is 37.5 Å². The molecule has 0 unspecified atom stereocenters. The van der Waals surface area contributed by atoms with Crippen LogP contribution in [0.15, 0.2) is 35.5 Å². The molecule has 2 amide bonds. The maximum Gasteiger partial charge on any atom is 0.239 e. The van der Waals surface area contributed by atoms with Crippen LogP contribution in [-0.4, -0.2) is 44.9 Å². The summed E-state index contributed by atoms with van der Waals surface area (Å²) in [7, 11) is 0. The molecule has 3 rings (SSSR count). The molecule has 0 spiro atoms. The SMILES string of the molecule is CC(C)NC(=O)CNC(=O)CSc1nnc(C2CC2)n1Cc1ccccc1. The largest absolute Gasteiger partial charge is 0.352 e. The van der Waals surface area contributed by atoms with E-state index in [4.69, 9.17) is 0 Å². The fourth-order valence-corrected chi connectivity index (χ4v) is 3.47. The van der Waals surface area contributed by atoms with Gasteiger partial charge < -0.3 is 15.2 Å². The molecule has 7 nitrogen and oxygen atoms in total. The van der Waals surface area contributed by atoms with Gasteiger partial charge in [0.05, 0.1) is 18.8 Å². The van der Waals surface area contributed by atoms with Gasteiger partial charge in [-0.1, -0.05) is 42.1 Å². The standard InChI is InChI=1S/C19H25N5O2S/c1-13(2)21-16(25)10-20-17(26)12-27-19-23-22-18(15-8-9-15)24(19)11-14-6-4-3-5-7-14/h3-7,13,15H,8-12H2,1-2H3,(H,20,26)(H,21,25). The summed E-state index contributed by atoms with van der Waals surface area (Å²) >= 11 is 1.35. The van der Waals surface area contributed by atoms with Gasteiger partial charge in [0, 0.05) is 12.0 Å². The van der Waals surface area contributed by atoms with Crippen LogP contribution in [0.25, 0.3) is 0 Å². The monoisotopic (exact) mass is 387 g/mol. The number of carbonyl (C=O) groups excluding carboxylic acids is 2. The zero-order valence-electron chi connectivity index (χ0n) is 15.6. The Kier molecular flexibility index (Phi) is 6.49. The van der Waals surface area contributed by atoms with Crippen LogP contribution in [0.3, 0.4) is 0 Å². The Morgan fingerprint density at radius 3 is 2.59 bits per heavy atom. The molecule has 1 aromatic carbocycles. The van der Waals surface area contributed by atoms with Gasteiger partial charge in [0.25, 0.3) is 0 Å². The molecule has 0 aliphatic heterocycles. The van der Waals surface area contributed by atoms with E-state index in [9.17, 15) is 9.59 Å². The molecule has 0 saturated heterocycles. The molecule has 1 fully saturated rings. The van der Waals surface area contributed by atoms with E-state index in [-0.39, 0.29) is 30.2 Å². The molecule has 144 valence electrons. The predicted octanol–water partition coefficient (Wildman–Crippen LogP) is 1.94. The first-order valence-electron chi connectivity index (χ1n) is 9.19. The van der Waals surface area contributed by atoms with Gasteiger partial charge in [0.15, 0.2) is 5.16 Å². The molecule has 1 heterocycles. The predicted molar refractivity (Wildman–Crippen MR) is 105 cm³/mol. The summed E-state index contributed by atoms with van der Waals surface area (Å²) in [5.41, 5.74) is 1.18. The van der Waals surface area contributed by atoms with Gasteiger partial charge in [-0.2, -0.15) is 0 Å². The second-order valence-corrected chi connectivity index (χ2v) is 7.92. The average Bonchev–Trinajstić information content (AvgIpc) is 3.41. The summed E-state index contributed by atoms with van der Waals surface area (Å²) in [6.45, 7) is 4.45. The van der Waals surface area contributed by atoms with Crippen molar-refractivity contribution in [1.82, 2.24) is 25.4 Å². The fraction of sp³-hybridized carbons (Fsp3) is 0.474. The number of carbonyl (C=O) groups is 2. The highest BCUT2D eigenvalue weighted by atomic mass is 32.2. The molecule has 2 N–H and O–H groups in total. The van der Waals surface area contributed by atoms with E-state index < -0.39 is 0 Å². The van der Waals surface area contributed by atoms with Crippen molar-refractivity contribution in [1.29, 1.82) is 0 Å². The fourth-order valence-electron chi connectivity index (χ4n) is 2.70. The van der Waals surface area contributed by atoms with Crippen LogP contribution in [-0.2, 0) is 16.1 Å². The zero-order valence-corrected chi connectivity index (χ0v) is 16.5. The number of aromatic nitrogens is 3. The van der Waals surface area contributed by atoms with E-state index in [1.54, 1.807) is 0 Å². The van der Waals surface area contributed by atoms with Gasteiger partial charge in [-0.3, -0.25) is 9.59 Å². The third kappa shape index (κ3) is 5.82. The first-order valence-corrected chi connectivity index (χ1v) is 10.2. The molecular weight excluding hydrogens is 362 g/mol. The number of nitrogens with zero attached hydrogens (tertiary/aromatic N) is 3. The molecule has 1 aromatic heterocycles. The van der Waals surface area contributed by atoms with Crippen molar-refractivity contribution in [2.24, 2.45) is 0 Å². The topological polar surface area (TPSA) is 88.9 Å². The molecular formula is C19H25N5O2S. The summed E-state index contributed by atoms with van der Waals surface area (Å²) < 4.78 is 2.11. The number of nitrogens with one attached hydrogen (secondary N) is 2. The Morgan fingerprint density at radius 1 is 1.19 bits per heavy atom. The Labute approximate surface area is 163 Å². The molecule has 8 heteroatoms. The Hall–Kier alpha value is -2.35. The number of rotatable bonds is 9. The first-order chi connectivity index (χ1) is 13.0. The van der Waals surface area contributed by atoms with Gasteiger partial charge in [-0.05, 0) is 32.3 Å². The van der Waals surface area contributed by atoms with Crippen molar-refractivity contribution >= 4 is 23.6 Å². The normalized spacial score (nSPS) is 13.6. The summed E-state index contributed by atoms with van der Waals surface area (Å²) in [6.07, 6.45) is 2.28. The van der Waals surface area contributed by atoms with Gasteiger partial charge in [0.2, 0.25) is 11.8 Å². The van der Waals surface area contributed by atoms with Crippen LogP contribution in [0.2, 0.25) is 0 Å². The van der Waals surface area contributed by atoms with E-state index in [1.807, 2.05) is 32.0 Å². The van der Waals surface area contributed by atoms with Crippen molar-refractivity contribution in [2.45, 2.75) is 50.4 Å². The van der Waals surface area contributed by atoms with Crippen LogP contribution >= 0.6 is 11.8 Å². The third-order valence-electron chi connectivity index (χ3n) is 4.10. The Balaban J connectivity index is 1.58. The molecule has 1 saturated carbocycles. The lowest BCUT2D eigenvalue weighted by Crippen LogP contribution is -2.40. The smallest absolute Gasteiger partial charge is 0.239 e. The Morgan fingerprint density at radius 2 is 1.93 bits per heavy atom. The summed E-state index contributed by atoms with van der Waals surface area (Å²) in [6, 6.07) is 10.2. The van der Waals surface area contributed by atoms with E-state index in [0.29, 0.717) is 12.5 Å². The molecule has 0 radical (unpaired) electrons. The van der Waals surface area contributed by atoms with Crippen LogP contribution < -0.4 is 10.6 Å². The highest BCUT2D eigenvalue weighted by Crippen LogP contribution is 2.40. The van der Waals surface area contributed by atoms with Gasteiger partial charge in [-0.25, -0.2) is 0 Å². The van der Waals surface area contributed by atoms with E-state index >= 15 is 0 Å². The van der Waals surface area contributed by atoms with Gasteiger partial charge in [-0.15, -0.1) is 10.2 Å². The number of amides is 2. The lowest BCUT2D eigenvalue weighted by Gasteiger charge is -2.11. The van der Waals surface area contributed by atoms with Gasteiger partial charge in [0.1, 0.15) is 5.82 Å². The zero-order chi connectivity index (χ0) is 19.2. The summed E-state index contributed by atoms with van der Waals surface area (Å²) in [5.74, 6) is 1.29. The third-order valence-corrected chi connectivity index (χ3v) is 5.07. The maximum atomic E-state index is 12.1. The number of thioether (sulfide) groups is 1. The second-order valence-electron chi connectivity index (χ2n) is 6.97. The van der Waals surface area contributed by atoms with Crippen molar-refractivity contribution < 1.29 is 9.59 Å². The van der Waals surface area contributed by atoms with Crippen LogP contribution in [0.5, 0.6) is 0 Å². The quantitative estimate of drug-likeness (QED) is 0.642. The number of hydrogen-bond acceptors (Lipinski definition) is 5. The molecule has 0 atom stereocenters. The molecule has 27 heavy (non-hydrogen) atoms. The minimum Gasteiger partial charge on any atom is -0.352 e. The average molecular weight is 388 g/mol. The molecule has 2 aromatic rings. The Bertz CT molecular complexity index is 787. The number of benzene rings is 1.